The Labute approximate surface area is 229 Å². The molecule has 0 spiro atoms. The molecular formula is C31H29N3O4S. The van der Waals surface area contributed by atoms with Crippen molar-refractivity contribution in [3.63, 3.8) is 0 Å². The van der Waals surface area contributed by atoms with E-state index in [9.17, 15) is 18.5 Å². The van der Waals surface area contributed by atoms with E-state index < -0.39 is 15.9 Å². The number of sulfonamides is 1. The Morgan fingerprint density at radius 3 is 2.15 bits per heavy atom. The van der Waals surface area contributed by atoms with Crippen molar-refractivity contribution in [3.8, 4) is 6.07 Å². The minimum Gasteiger partial charge on any atom is -0.460 e. The molecule has 4 aromatic rings. The van der Waals surface area contributed by atoms with E-state index >= 15 is 0 Å². The van der Waals surface area contributed by atoms with Crippen LogP contribution in [-0.2, 0) is 34.5 Å². The van der Waals surface area contributed by atoms with Gasteiger partial charge in [0.05, 0.1) is 11.4 Å². The third-order valence-corrected chi connectivity index (χ3v) is 7.91. The average Bonchev–Trinajstić information content (AvgIpc) is 3.39. The van der Waals surface area contributed by atoms with Crippen molar-refractivity contribution in [1.82, 2.24) is 9.62 Å². The summed E-state index contributed by atoms with van der Waals surface area (Å²) in [6.45, 7) is 4.27. The molecule has 0 saturated carbocycles. The molecule has 8 heteroatoms. The zero-order valence-electron chi connectivity index (χ0n) is 21.8. The lowest BCUT2D eigenvalue weighted by molar-refractivity contribution is -0.117. The SMILES string of the molecule is Cc1ccc(CN(Cc2ccc(/C=C(/C#N)C(=O)NCc3ccccc3)o2)S(=O)(=O)c2ccc(C)cc2)cc1. The summed E-state index contributed by atoms with van der Waals surface area (Å²) in [5.74, 6) is 0.132. The molecule has 1 heterocycles. The van der Waals surface area contributed by atoms with Crippen LogP contribution in [0.1, 0.15) is 33.8 Å². The molecule has 1 amide bonds. The molecule has 3 aromatic carbocycles. The van der Waals surface area contributed by atoms with Crippen LogP contribution in [0.5, 0.6) is 0 Å². The minimum atomic E-state index is -3.85. The topological polar surface area (TPSA) is 103 Å². The number of nitrogens with zero attached hydrogens (tertiary/aromatic N) is 2. The summed E-state index contributed by atoms with van der Waals surface area (Å²) < 4.78 is 34.4. The van der Waals surface area contributed by atoms with Gasteiger partial charge in [-0.25, -0.2) is 8.42 Å². The third kappa shape index (κ3) is 7.32. The second-order valence-electron chi connectivity index (χ2n) is 9.21. The van der Waals surface area contributed by atoms with Crippen molar-refractivity contribution < 1.29 is 17.6 Å². The van der Waals surface area contributed by atoms with Crippen LogP contribution in [0, 0.1) is 25.2 Å². The Morgan fingerprint density at radius 2 is 1.51 bits per heavy atom. The number of carbonyl (C=O) groups excluding carboxylic acids is 1. The van der Waals surface area contributed by atoms with Gasteiger partial charge in [0.1, 0.15) is 23.2 Å². The lowest BCUT2D eigenvalue weighted by Crippen LogP contribution is -2.30. The Morgan fingerprint density at radius 1 is 0.872 bits per heavy atom. The van der Waals surface area contributed by atoms with Crippen LogP contribution < -0.4 is 5.32 Å². The number of rotatable bonds is 10. The van der Waals surface area contributed by atoms with Gasteiger partial charge in [-0.2, -0.15) is 9.57 Å². The first-order valence-electron chi connectivity index (χ1n) is 12.4. The van der Waals surface area contributed by atoms with Gasteiger partial charge >= 0.3 is 0 Å². The Hall–Kier alpha value is -4.45. The maximum atomic E-state index is 13.6. The Bertz CT molecular complexity index is 1600. The lowest BCUT2D eigenvalue weighted by atomic mass is 10.1. The predicted molar refractivity (Wildman–Crippen MR) is 149 cm³/mol. The number of hydrogen-bond donors (Lipinski definition) is 1. The number of nitriles is 1. The zero-order valence-corrected chi connectivity index (χ0v) is 22.6. The van der Waals surface area contributed by atoms with Gasteiger partial charge in [0, 0.05) is 19.2 Å². The molecule has 0 radical (unpaired) electrons. The van der Waals surface area contributed by atoms with E-state index in [-0.39, 0.29) is 35.9 Å². The highest BCUT2D eigenvalue weighted by molar-refractivity contribution is 7.89. The number of nitrogens with one attached hydrogen (secondary N) is 1. The Kier molecular flexibility index (Phi) is 8.77. The maximum absolute atomic E-state index is 13.6. The summed E-state index contributed by atoms with van der Waals surface area (Å²) in [6, 6.07) is 28.9. The smallest absolute Gasteiger partial charge is 0.262 e. The molecule has 0 fully saturated rings. The highest BCUT2D eigenvalue weighted by Crippen LogP contribution is 2.23. The van der Waals surface area contributed by atoms with Crippen LogP contribution in [0.15, 0.2) is 106 Å². The van der Waals surface area contributed by atoms with E-state index in [1.54, 1.807) is 36.4 Å². The summed E-state index contributed by atoms with van der Waals surface area (Å²) in [5.41, 5.74) is 3.67. The maximum Gasteiger partial charge on any atom is 0.262 e. The van der Waals surface area contributed by atoms with Gasteiger partial charge in [-0.3, -0.25) is 4.79 Å². The molecule has 39 heavy (non-hydrogen) atoms. The van der Waals surface area contributed by atoms with E-state index in [1.165, 1.54) is 10.4 Å². The van der Waals surface area contributed by atoms with E-state index in [2.05, 4.69) is 5.32 Å². The number of amides is 1. The van der Waals surface area contributed by atoms with Gasteiger partial charge in [-0.1, -0.05) is 77.9 Å². The van der Waals surface area contributed by atoms with Crippen LogP contribution in [0.25, 0.3) is 6.08 Å². The first-order chi connectivity index (χ1) is 18.7. The Balaban J connectivity index is 1.54. The van der Waals surface area contributed by atoms with Crippen molar-refractivity contribution in [2.75, 3.05) is 0 Å². The minimum absolute atomic E-state index is 0.0278. The molecule has 0 unspecified atom stereocenters. The van der Waals surface area contributed by atoms with Crippen molar-refractivity contribution in [1.29, 1.82) is 5.26 Å². The molecule has 1 N–H and O–H groups in total. The van der Waals surface area contributed by atoms with Crippen molar-refractivity contribution >= 4 is 22.0 Å². The van der Waals surface area contributed by atoms with Gasteiger partial charge in [0.25, 0.3) is 5.91 Å². The van der Waals surface area contributed by atoms with Crippen LogP contribution in [0.2, 0.25) is 0 Å². The molecule has 198 valence electrons. The number of furan rings is 1. The van der Waals surface area contributed by atoms with Crippen LogP contribution in [-0.4, -0.2) is 18.6 Å². The summed E-state index contributed by atoms with van der Waals surface area (Å²) in [7, 11) is -3.85. The fourth-order valence-corrected chi connectivity index (χ4v) is 5.27. The summed E-state index contributed by atoms with van der Waals surface area (Å²) in [4.78, 5) is 12.7. The number of benzene rings is 3. The first kappa shape index (κ1) is 27.6. The monoisotopic (exact) mass is 539 g/mol. The van der Waals surface area contributed by atoms with Gasteiger partial charge in [-0.15, -0.1) is 0 Å². The number of aryl methyl sites for hydroxylation is 2. The lowest BCUT2D eigenvalue weighted by Gasteiger charge is -2.21. The molecule has 0 bridgehead atoms. The molecule has 0 aliphatic heterocycles. The largest absolute Gasteiger partial charge is 0.460 e. The van der Waals surface area contributed by atoms with E-state index in [4.69, 9.17) is 4.42 Å². The van der Waals surface area contributed by atoms with Gasteiger partial charge in [0.15, 0.2) is 0 Å². The van der Waals surface area contributed by atoms with Crippen LogP contribution in [0.3, 0.4) is 0 Å². The van der Waals surface area contributed by atoms with E-state index in [1.807, 2.05) is 74.5 Å². The molecule has 0 aliphatic carbocycles. The zero-order chi connectivity index (χ0) is 27.8. The molecule has 1 aromatic heterocycles. The first-order valence-corrected chi connectivity index (χ1v) is 13.8. The second kappa shape index (κ2) is 12.4. The average molecular weight is 540 g/mol. The molecule has 7 nitrogen and oxygen atoms in total. The third-order valence-electron chi connectivity index (χ3n) is 6.10. The molecule has 0 aliphatic rings. The fourth-order valence-electron chi connectivity index (χ4n) is 3.88. The molecule has 0 saturated heterocycles. The van der Waals surface area contributed by atoms with Crippen molar-refractivity contribution in [3.05, 3.63) is 130 Å². The normalized spacial score (nSPS) is 11.8. The predicted octanol–water partition coefficient (Wildman–Crippen LogP) is 5.51. The van der Waals surface area contributed by atoms with Crippen molar-refractivity contribution in [2.24, 2.45) is 0 Å². The van der Waals surface area contributed by atoms with Crippen LogP contribution >= 0.6 is 0 Å². The van der Waals surface area contributed by atoms with Gasteiger partial charge in [-0.05, 0) is 49.2 Å². The standard InChI is InChI=1S/C31H29N3O4S/c1-23-8-12-26(13-9-23)21-34(39(36,37)30-16-10-24(2)11-17-30)22-29-15-14-28(38-29)18-27(19-32)31(35)33-20-25-6-4-3-5-7-25/h3-18H,20-22H2,1-2H3,(H,33,35)/b27-18-. The number of carbonyl (C=O) groups is 1. The van der Waals surface area contributed by atoms with Crippen molar-refractivity contribution in [2.45, 2.75) is 38.4 Å². The number of hydrogen-bond acceptors (Lipinski definition) is 5. The van der Waals surface area contributed by atoms with Gasteiger partial charge < -0.3 is 9.73 Å². The van der Waals surface area contributed by atoms with E-state index in [0.29, 0.717) is 5.76 Å². The highest BCUT2D eigenvalue weighted by Gasteiger charge is 2.26. The molecule has 0 atom stereocenters. The molecular weight excluding hydrogens is 510 g/mol. The van der Waals surface area contributed by atoms with Crippen LogP contribution in [0.4, 0.5) is 0 Å². The quantitative estimate of drug-likeness (QED) is 0.211. The van der Waals surface area contributed by atoms with E-state index in [0.717, 1.165) is 22.3 Å². The summed E-state index contributed by atoms with van der Waals surface area (Å²) in [5, 5.41) is 12.3. The summed E-state index contributed by atoms with van der Waals surface area (Å²) in [6.07, 6.45) is 1.35. The molecule has 4 rings (SSSR count). The second-order valence-corrected chi connectivity index (χ2v) is 11.2. The highest BCUT2D eigenvalue weighted by atomic mass is 32.2. The fraction of sp³-hybridized carbons (Fsp3) is 0.161. The summed E-state index contributed by atoms with van der Waals surface area (Å²) >= 11 is 0. The van der Waals surface area contributed by atoms with Gasteiger partial charge in [0.2, 0.25) is 10.0 Å².